The molecule has 1 aliphatic carbocycles. The summed E-state index contributed by atoms with van der Waals surface area (Å²) in [4.78, 5) is 28.9. The number of halogens is 1. The number of hydrogen-bond donors (Lipinski definition) is 1. The fraction of sp³-hybridized carbons (Fsp3) is 0.355. The normalized spacial score (nSPS) is 14.5. The third-order valence-corrected chi connectivity index (χ3v) is 9.84. The molecule has 2 amide bonds. The highest BCUT2D eigenvalue weighted by molar-refractivity contribution is 9.10. The molecule has 1 atom stereocenters. The van der Waals surface area contributed by atoms with Crippen LogP contribution >= 0.6 is 15.9 Å². The van der Waals surface area contributed by atoms with E-state index in [4.69, 9.17) is 0 Å². The van der Waals surface area contributed by atoms with E-state index in [0.717, 1.165) is 51.2 Å². The summed E-state index contributed by atoms with van der Waals surface area (Å²) in [6.07, 6.45) is 4.00. The second-order valence-corrected chi connectivity index (χ2v) is 13.2. The van der Waals surface area contributed by atoms with Gasteiger partial charge in [0.2, 0.25) is 11.8 Å². The van der Waals surface area contributed by atoms with E-state index in [2.05, 4.69) is 21.2 Å². The summed E-state index contributed by atoms with van der Waals surface area (Å²) in [5, 5.41) is 3.09. The van der Waals surface area contributed by atoms with Gasteiger partial charge in [0, 0.05) is 17.1 Å². The molecular formula is C31H36BrN3O4S. The second kappa shape index (κ2) is 13.0. The van der Waals surface area contributed by atoms with Crippen LogP contribution < -0.4 is 9.62 Å². The average Bonchev–Trinajstić information content (AvgIpc) is 3.46. The number of amides is 2. The number of hydrogen-bond acceptors (Lipinski definition) is 4. The number of rotatable bonds is 10. The number of anilines is 1. The zero-order chi connectivity index (χ0) is 28.9. The van der Waals surface area contributed by atoms with Crippen molar-refractivity contribution in [3.8, 4) is 0 Å². The van der Waals surface area contributed by atoms with Gasteiger partial charge < -0.3 is 10.2 Å². The lowest BCUT2D eigenvalue weighted by atomic mass is 10.1. The molecule has 3 aromatic rings. The summed E-state index contributed by atoms with van der Waals surface area (Å²) in [5.41, 5.74) is 3.16. The minimum atomic E-state index is -4.08. The molecule has 7 nitrogen and oxygen atoms in total. The van der Waals surface area contributed by atoms with Gasteiger partial charge in [0.15, 0.2) is 0 Å². The molecular weight excluding hydrogens is 590 g/mol. The molecule has 212 valence electrons. The molecule has 1 N–H and O–H groups in total. The Morgan fingerprint density at radius 3 is 2.23 bits per heavy atom. The van der Waals surface area contributed by atoms with E-state index in [1.165, 1.54) is 17.0 Å². The van der Waals surface area contributed by atoms with Gasteiger partial charge in [0.25, 0.3) is 10.0 Å². The number of sulfonamides is 1. The van der Waals surface area contributed by atoms with Gasteiger partial charge in [0.1, 0.15) is 12.6 Å². The summed E-state index contributed by atoms with van der Waals surface area (Å²) >= 11 is 3.44. The Balaban J connectivity index is 1.69. The molecule has 3 aromatic carbocycles. The summed E-state index contributed by atoms with van der Waals surface area (Å²) < 4.78 is 29.8. The Morgan fingerprint density at radius 2 is 1.60 bits per heavy atom. The Hall–Kier alpha value is -3.17. The van der Waals surface area contributed by atoms with Gasteiger partial charge in [-0.25, -0.2) is 8.42 Å². The Bertz CT molecular complexity index is 1440. The molecule has 1 aliphatic rings. The molecule has 9 heteroatoms. The SMILES string of the molecule is Cc1ccc(N(CC(=O)N(Cc2ccc(Br)cc2)[C@H](C)C(=O)NC2CCCC2)S(=O)(=O)c2ccccc2)cc1C. The van der Waals surface area contributed by atoms with Crippen molar-refractivity contribution >= 4 is 43.5 Å². The molecule has 4 rings (SSSR count). The van der Waals surface area contributed by atoms with Gasteiger partial charge >= 0.3 is 0 Å². The zero-order valence-electron chi connectivity index (χ0n) is 23.1. The summed E-state index contributed by atoms with van der Waals surface area (Å²) in [6, 6.07) is 20.3. The molecule has 0 radical (unpaired) electrons. The third kappa shape index (κ3) is 7.12. The highest BCUT2D eigenvalue weighted by Crippen LogP contribution is 2.27. The predicted molar refractivity (Wildman–Crippen MR) is 161 cm³/mol. The molecule has 0 saturated heterocycles. The molecule has 0 aliphatic heterocycles. The van der Waals surface area contributed by atoms with E-state index in [9.17, 15) is 18.0 Å². The van der Waals surface area contributed by atoms with Crippen molar-refractivity contribution in [2.24, 2.45) is 0 Å². The number of carbonyl (C=O) groups excluding carboxylic acids is 2. The molecule has 0 unspecified atom stereocenters. The molecule has 1 fully saturated rings. The molecule has 0 heterocycles. The van der Waals surface area contributed by atoms with Crippen molar-refractivity contribution in [2.45, 2.75) is 70.0 Å². The number of aryl methyl sites for hydroxylation is 2. The monoisotopic (exact) mass is 625 g/mol. The first kappa shape index (κ1) is 29.8. The van der Waals surface area contributed by atoms with Gasteiger partial charge in [0.05, 0.1) is 10.6 Å². The highest BCUT2D eigenvalue weighted by Gasteiger charge is 2.33. The van der Waals surface area contributed by atoms with Gasteiger partial charge in [-0.3, -0.25) is 13.9 Å². The summed E-state index contributed by atoms with van der Waals surface area (Å²) in [7, 11) is -4.08. The number of carbonyl (C=O) groups is 2. The van der Waals surface area contributed by atoms with Gasteiger partial charge in [-0.05, 0) is 86.7 Å². The topological polar surface area (TPSA) is 86.8 Å². The first-order valence-electron chi connectivity index (χ1n) is 13.6. The fourth-order valence-corrected chi connectivity index (χ4v) is 6.58. The van der Waals surface area contributed by atoms with E-state index >= 15 is 0 Å². The largest absolute Gasteiger partial charge is 0.352 e. The van der Waals surface area contributed by atoms with E-state index in [1.807, 2.05) is 44.2 Å². The quantitative estimate of drug-likeness (QED) is 0.311. The van der Waals surface area contributed by atoms with Crippen LogP contribution in [0.5, 0.6) is 0 Å². The fourth-order valence-electron chi connectivity index (χ4n) is 4.89. The van der Waals surface area contributed by atoms with Crippen LogP contribution in [0.25, 0.3) is 0 Å². The minimum Gasteiger partial charge on any atom is -0.352 e. The first-order chi connectivity index (χ1) is 19.1. The lowest BCUT2D eigenvalue weighted by Gasteiger charge is -2.32. The second-order valence-electron chi connectivity index (χ2n) is 10.4. The molecule has 40 heavy (non-hydrogen) atoms. The van der Waals surface area contributed by atoms with Crippen molar-refractivity contribution < 1.29 is 18.0 Å². The van der Waals surface area contributed by atoms with Crippen LogP contribution in [0.1, 0.15) is 49.3 Å². The standard InChI is InChI=1S/C31H36BrN3O4S/c1-22-13-18-28(19-23(22)2)35(40(38,39)29-11-5-4-6-12-29)21-30(36)34(20-25-14-16-26(32)17-15-25)24(3)31(37)33-27-9-7-8-10-27/h4-6,11-19,24,27H,7-10,20-21H2,1-3H3,(H,33,37)/t24-/m1/s1. The van der Waals surface area contributed by atoms with Crippen molar-refractivity contribution in [2.75, 3.05) is 10.8 Å². The van der Waals surface area contributed by atoms with E-state index < -0.39 is 28.5 Å². The van der Waals surface area contributed by atoms with Crippen LogP contribution in [0.3, 0.4) is 0 Å². The van der Waals surface area contributed by atoms with Crippen LogP contribution in [0.15, 0.2) is 82.2 Å². The van der Waals surface area contributed by atoms with Crippen LogP contribution in [-0.2, 0) is 26.2 Å². The maximum Gasteiger partial charge on any atom is 0.264 e. The third-order valence-electron chi connectivity index (χ3n) is 7.52. The van der Waals surface area contributed by atoms with Crippen molar-refractivity contribution in [3.05, 3.63) is 94.0 Å². The van der Waals surface area contributed by atoms with E-state index in [-0.39, 0.29) is 23.4 Å². The maximum atomic E-state index is 14.0. The van der Waals surface area contributed by atoms with Crippen molar-refractivity contribution in [1.82, 2.24) is 10.2 Å². The molecule has 0 spiro atoms. The van der Waals surface area contributed by atoms with Crippen molar-refractivity contribution in [3.63, 3.8) is 0 Å². The van der Waals surface area contributed by atoms with E-state index in [0.29, 0.717) is 5.69 Å². The van der Waals surface area contributed by atoms with Gasteiger partial charge in [-0.1, -0.05) is 65.2 Å². The molecule has 1 saturated carbocycles. The Morgan fingerprint density at radius 1 is 0.950 bits per heavy atom. The highest BCUT2D eigenvalue weighted by atomic mass is 79.9. The number of nitrogens with zero attached hydrogens (tertiary/aromatic N) is 2. The number of nitrogens with one attached hydrogen (secondary N) is 1. The number of benzene rings is 3. The Labute approximate surface area is 245 Å². The molecule has 0 bridgehead atoms. The minimum absolute atomic E-state index is 0.0903. The molecule has 0 aromatic heterocycles. The van der Waals surface area contributed by atoms with Crippen molar-refractivity contribution in [1.29, 1.82) is 0 Å². The smallest absolute Gasteiger partial charge is 0.264 e. The van der Waals surface area contributed by atoms with Crippen LogP contribution in [0.2, 0.25) is 0 Å². The average molecular weight is 627 g/mol. The first-order valence-corrected chi connectivity index (χ1v) is 15.8. The predicted octanol–water partition coefficient (Wildman–Crippen LogP) is 5.74. The van der Waals surface area contributed by atoms with E-state index in [1.54, 1.807) is 37.3 Å². The van der Waals surface area contributed by atoms with Gasteiger partial charge in [-0.15, -0.1) is 0 Å². The van der Waals surface area contributed by atoms with Gasteiger partial charge in [-0.2, -0.15) is 0 Å². The summed E-state index contributed by atoms with van der Waals surface area (Å²) in [5.74, 6) is -0.698. The lowest BCUT2D eigenvalue weighted by Crippen LogP contribution is -2.52. The zero-order valence-corrected chi connectivity index (χ0v) is 25.5. The Kier molecular flexibility index (Phi) is 9.68. The summed E-state index contributed by atoms with van der Waals surface area (Å²) in [6.45, 7) is 5.27. The van der Waals surface area contributed by atoms with Crippen LogP contribution in [0, 0.1) is 13.8 Å². The van der Waals surface area contributed by atoms with Crippen LogP contribution in [0.4, 0.5) is 5.69 Å². The van der Waals surface area contributed by atoms with Crippen LogP contribution in [-0.4, -0.2) is 43.8 Å². The lowest BCUT2D eigenvalue weighted by molar-refractivity contribution is -0.139. The maximum absolute atomic E-state index is 14.0.